The van der Waals surface area contributed by atoms with Gasteiger partial charge in [-0.15, -0.1) is 13.2 Å². The van der Waals surface area contributed by atoms with Crippen molar-refractivity contribution in [1.82, 2.24) is 4.98 Å². The second-order valence-electron chi connectivity index (χ2n) is 9.14. The predicted octanol–water partition coefficient (Wildman–Crippen LogP) is 6.44. The molecule has 0 bridgehead atoms. The Kier molecular flexibility index (Phi) is 6.92. The van der Waals surface area contributed by atoms with Crippen LogP contribution in [0.5, 0.6) is 5.75 Å². The molecule has 5 rings (SSSR count). The summed E-state index contributed by atoms with van der Waals surface area (Å²) in [5, 5.41) is 1.84. The summed E-state index contributed by atoms with van der Waals surface area (Å²) in [7, 11) is -4.08. The van der Waals surface area contributed by atoms with Crippen LogP contribution in [0.2, 0.25) is 0 Å². The fourth-order valence-electron chi connectivity index (χ4n) is 4.74. The van der Waals surface area contributed by atoms with E-state index in [1.807, 2.05) is 31.2 Å². The number of nitrogens with zero attached hydrogens (tertiary/aromatic N) is 3. The summed E-state index contributed by atoms with van der Waals surface area (Å²) >= 11 is 0. The first-order valence-corrected chi connectivity index (χ1v) is 13.6. The van der Waals surface area contributed by atoms with Gasteiger partial charge in [-0.3, -0.25) is 0 Å². The minimum absolute atomic E-state index is 0.0918. The molecule has 2 heterocycles. The average molecular weight is 542 g/mol. The van der Waals surface area contributed by atoms with E-state index in [1.54, 1.807) is 18.2 Å². The van der Waals surface area contributed by atoms with E-state index < -0.39 is 16.4 Å². The first-order valence-electron chi connectivity index (χ1n) is 12.2. The van der Waals surface area contributed by atoms with Crippen LogP contribution in [-0.4, -0.2) is 32.9 Å². The Morgan fingerprint density at radius 1 is 0.895 bits per heavy atom. The smallest absolute Gasteiger partial charge is 0.406 e. The Morgan fingerprint density at radius 3 is 2.13 bits per heavy atom. The summed E-state index contributed by atoms with van der Waals surface area (Å²) in [5.41, 5.74) is 1.18. The molecule has 0 spiro atoms. The van der Waals surface area contributed by atoms with Gasteiger partial charge in [0.15, 0.2) is 0 Å². The number of hydrogen-bond acceptors (Lipinski definition) is 5. The van der Waals surface area contributed by atoms with Crippen LogP contribution in [0.15, 0.2) is 83.8 Å². The number of benzene rings is 3. The summed E-state index contributed by atoms with van der Waals surface area (Å²) < 4.78 is 71.1. The van der Waals surface area contributed by atoms with Crippen molar-refractivity contribution >= 4 is 32.4 Å². The lowest BCUT2D eigenvalue weighted by Crippen LogP contribution is -2.33. The van der Waals surface area contributed by atoms with Crippen molar-refractivity contribution in [3.8, 4) is 5.75 Å². The highest BCUT2D eigenvalue weighted by Crippen LogP contribution is 2.37. The molecule has 4 aromatic rings. The second kappa shape index (κ2) is 10.2. The van der Waals surface area contributed by atoms with Gasteiger partial charge in [0.1, 0.15) is 17.4 Å². The molecule has 1 saturated heterocycles. The van der Waals surface area contributed by atoms with Crippen LogP contribution in [-0.2, 0) is 16.6 Å². The van der Waals surface area contributed by atoms with Crippen molar-refractivity contribution in [1.29, 1.82) is 0 Å². The summed E-state index contributed by atoms with van der Waals surface area (Å²) in [6, 6.07) is 21.0. The fourth-order valence-corrected chi connectivity index (χ4v) is 6.22. The molecule has 3 aromatic carbocycles. The van der Waals surface area contributed by atoms with Crippen molar-refractivity contribution in [2.24, 2.45) is 0 Å². The van der Waals surface area contributed by atoms with E-state index in [0.717, 1.165) is 42.5 Å². The molecule has 1 aromatic heterocycles. The van der Waals surface area contributed by atoms with E-state index in [2.05, 4.69) is 9.64 Å². The molecule has 0 radical (unpaired) electrons. The highest BCUT2D eigenvalue weighted by molar-refractivity contribution is 7.92. The number of anilines is 2. The normalized spacial score (nSPS) is 14.2. The first kappa shape index (κ1) is 25.8. The Labute approximate surface area is 219 Å². The predicted molar refractivity (Wildman–Crippen MR) is 141 cm³/mol. The van der Waals surface area contributed by atoms with Gasteiger partial charge in [-0.1, -0.05) is 54.6 Å². The maximum absolute atomic E-state index is 14.0. The number of sulfonamides is 1. The van der Waals surface area contributed by atoms with Gasteiger partial charge < -0.3 is 9.64 Å². The van der Waals surface area contributed by atoms with Crippen LogP contribution < -0.4 is 13.9 Å². The molecular formula is C28H26F3N3O3S. The maximum Gasteiger partial charge on any atom is 0.573 e. The minimum atomic E-state index is -4.82. The van der Waals surface area contributed by atoms with E-state index in [1.165, 1.54) is 40.7 Å². The number of fused-ring (bicyclic) bond motifs is 1. The van der Waals surface area contributed by atoms with Crippen molar-refractivity contribution in [3.63, 3.8) is 0 Å². The van der Waals surface area contributed by atoms with E-state index in [0.29, 0.717) is 11.1 Å². The number of alkyl halides is 3. The summed E-state index contributed by atoms with van der Waals surface area (Å²) in [5.74, 6) is 0.626. The minimum Gasteiger partial charge on any atom is -0.406 e. The second-order valence-corrected chi connectivity index (χ2v) is 11.0. The lowest BCUT2D eigenvalue weighted by molar-refractivity contribution is -0.274. The summed E-state index contributed by atoms with van der Waals surface area (Å²) in [6.45, 7) is 3.36. The van der Waals surface area contributed by atoms with E-state index >= 15 is 0 Å². The zero-order valence-electron chi connectivity index (χ0n) is 20.6. The molecule has 0 N–H and O–H groups in total. The Hall–Kier alpha value is -3.79. The zero-order valence-corrected chi connectivity index (χ0v) is 21.5. The zero-order chi connectivity index (χ0) is 26.9. The molecule has 1 aliphatic heterocycles. The number of aryl methyl sites for hydroxylation is 1. The largest absolute Gasteiger partial charge is 0.573 e. The van der Waals surface area contributed by atoms with Crippen LogP contribution >= 0.6 is 0 Å². The molecule has 1 aliphatic rings. The number of aromatic nitrogens is 1. The molecule has 38 heavy (non-hydrogen) atoms. The maximum atomic E-state index is 14.0. The number of ether oxygens (including phenoxy) is 1. The van der Waals surface area contributed by atoms with Crippen LogP contribution in [0, 0.1) is 6.92 Å². The van der Waals surface area contributed by atoms with Gasteiger partial charge in [-0.2, -0.15) is 0 Å². The third kappa shape index (κ3) is 5.26. The third-order valence-electron chi connectivity index (χ3n) is 6.58. The van der Waals surface area contributed by atoms with Gasteiger partial charge in [-0.25, -0.2) is 17.7 Å². The highest BCUT2D eigenvalue weighted by Gasteiger charge is 2.32. The summed E-state index contributed by atoms with van der Waals surface area (Å²) in [4.78, 5) is 7.20. The average Bonchev–Trinajstić information content (AvgIpc) is 3.43. The Bertz CT molecular complexity index is 1540. The first-order chi connectivity index (χ1) is 18.1. The Morgan fingerprint density at radius 2 is 1.50 bits per heavy atom. The number of halogens is 3. The molecule has 0 atom stereocenters. The molecule has 0 unspecified atom stereocenters. The van der Waals surface area contributed by atoms with Crippen LogP contribution in [0.25, 0.3) is 10.8 Å². The van der Waals surface area contributed by atoms with Gasteiger partial charge in [0.25, 0.3) is 10.0 Å². The van der Waals surface area contributed by atoms with Gasteiger partial charge in [0.2, 0.25) is 0 Å². The van der Waals surface area contributed by atoms with Crippen molar-refractivity contribution in [2.75, 3.05) is 22.3 Å². The van der Waals surface area contributed by atoms with Gasteiger partial charge >= 0.3 is 6.36 Å². The molecule has 1 fully saturated rings. The number of rotatable bonds is 7. The van der Waals surface area contributed by atoms with Gasteiger partial charge in [0.05, 0.1) is 11.4 Å². The van der Waals surface area contributed by atoms with E-state index in [9.17, 15) is 21.6 Å². The highest BCUT2D eigenvalue weighted by atomic mass is 32.2. The van der Waals surface area contributed by atoms with E-state index in [4.69, 9.17) is 4.98 Å². The van der Waals surface area contributed by atoms with Gasteiger partial charge in [-0.05, 0) is 55.0 Å². The van der Waals surface area contributed by atoms with Crippen molar-refractivity contribution in [3.05, 3.63) is 90.0 Å². The van der Waals surface area contributed by atoms with Crippen molar-refractivity contribution in [2.45, 2.75) is 37.6 Å². The molecule has 10 heteroatoms. The third-order valence-corrected chi connectivity index (χ3v) is 8.33. The molecule has 0 amide bonds. The molecule has 0 saturated carbocycles. The quantitative estimate of drug-likeness (QED) is 0.270. The molecule has 6 nitrogen and oxygen atoms in total. The SMILES string of the molecule is Cc1c(N(Cc2ccc(OC(F)(F)F)cc2)S(=O)(=O)c2ccccc2)nc(N2CCCC2)c2ccccc12. The lowest BCUT2D eigenvalue weighted by Gasteiger charge is -2.28. The lowest BCUT2D eigenvalue weighted by atomic mass is 10.1. The number of pyridine rings is 1. The standard InChI is InChI=1S/C28H26F3N3O3S/c1-20-24-11-5-6-12-25(24)27(33-17-7-8-18-33)32-26(20)34(38(35,36)23-9-3-2-4-10-23)19-21-13-15-22(16-14-21)37-28(29,30)31/h2-6,9-16H,7-8,17-19H2,1H3. The van der Waals surface area contributed by atoms with E-state index in [-0.39, 0.29) is 23.0 Å². The Balaban J connectivity index is 1.65. The fraction of sp³-hybridized carbons (Fsp3) is 0.250. The van der Waals surface area contributed by atoms with Crippen LogP contribution in [0.4, 0.5) is 24.8 Å². The monoisotopic (exact) mass is 541 g/mol. The molecular weight excluding hydrogens is 515 g/mol. The topological polar surface area (TPSA) is 62.7 Å². The van der Waals surface area contributed by atoms with Gasteiger partial charge in [0, 0.05) is 24.0 Å². The number of hydrogen-bond donors (Lipinski definition) is 0. The molecule has 198 valence electrons. The molecule has 0 aliphatic carbocycles. The van der Waals surface area contributed by atoms with Crippen LogP contribution in [0.3, 0.4) is 0 Å². The van der Waals surface area contributed by atoms with Crippen molar-refractivity contribution < 1.29 is 26.3 Å². The van der Waals surface area contributed by atoms with Crippen LogP contribution in [0.1, 0.15) is 24.0 Å². The summed E-state index contributed by atoms with van der Waals surface area (Å²) in [6.07, 6.45) is -2.77.